The van der Waals surface area contributed by atoms with Crippen LogP contribution in [0.2, 0.25) is 5.02 Å². The highest BCUT2D eigenvalue weighted by Crippen LogP contribution is 2.34. The van der Waals surface area contributed by atoms with Crippen molar-refractivity contribution in [3.8, 4) is 10.6 Å². The zero-order chi connectivity index (χ0) is 20.9. The monoisotopic (exact) mass is 445 g/mol. The van der Waals surface area contributed by atoms with Crippen LogP contribution < -0.4 is 10.6 Å². The number of nitrogens with one attached hydrogen (secondary N) is 3. The van der Waals surface area contributed by atoms with E-state index in [0.717, 1.165) is 10.9 Å². The normalized spacial score (nSPS) is 10.9. The first-order valence-corrected chi connectivity index (χ1v) is 9.94. The van der Waals surface area contributed by atoms with E-state index in [2.05, 4.69) is 36.0 Å². The van der Waals surface area contributed by atoms with Crippen LogP contribution in [0.1, 0.15) is 0 Å². The summed E-state index contributed by atoms with van der Waals surface area (Å²) >= 11 is 7.76. The van der Waals surface area contributed by atoms with Crippen molar-refractivity contribution in [2.24, 2.45) is 0 Å². The van der Waals surface area contributed by atoms with Gasteiger partial charge in [0.15, 0.2) is 5.01 Å². The van der Waals surface area contributed by atoms with Gasteiger partial charge in [-0.3, -0.25) is 15.4 Å². The Morgan fingerprint density at radius 1 is 1.23 bits per heavy atom. The van der Waals surface area contributed by atoms with Crippen molar-refractivity contribution >= 4 is 56.4 Å². The summed E-state index contributed by atoms with van der Waals surface area (Å²) < 4.78 is 9.82. The summed E-state index contributed by atoms with van der Waals surface area (Å²) in [4.78, 5) is 15.9. The third-order valence-corrected chi connectivity index (χ3v) is 5.27. The number of amides is 1. The molecule has 1 amide bonds. The molecule has 3 heterocycles. The van der Waals surface area contributed by atoms with Gasteiger partial charge in [-0.2, -0.15) is 5.10 Å². The number of anilines is 3. The molecule has 1 aromatic carbocycles. The molecule has 0 unspecified atom stereocenters. The number of aromatic amines is 1. The molecular formula is C18H16ClN7O3S. The van der Waals surface area contributed by atoms with Gasteiger partial charge in [-0.1, -0.05) is 22.9 Å². The number of ether oxygens (including phenoxy) is 2. The van der Waals surface area contributed by atoms with E-state index in [-0.39, 0.29) is 6.61 Å². The predicted molar refractivity (Wildman–Crippen MR) is 114 cm³/mol. The largest absolute Gasteiger partial charge is 0.447 e. The first kappa shape index (κ1) is 20.0. The molecule has 3 N–H and O–H groups in total. The molecule has 12 heteroatoms. The van der Waals surface area contributed by atoms with E-state index in [1.54, 1.807) is 18.5 Å². The molecule has 3 aromatic heterocycles. The molecule has 0 saturated carbocycles. The second kappa shape index (κ2) is 9.03. The van der Waals surface area contributed by atoms with E-state index in [1.807, 2.05) is 12.1 Å². The number of benzene rings is 1. The van der Waals surface area contributed by atoms with Gasteiger partial charge in [0.2, 0.25) is 5.13 Å². The van der Waals surface area contributed by atoms with E-state index in [0.29, 0.717) is 38.7 Å². The van der Waals surface area contributed by atoms with Gasteiger partial charge >= 0.3 is 6.09 Å². The number of hydrogen-bond donors (Lipinski definition) is 3. The quantitative estimate of drug-likeness (QED) is 0.363. The summed E-state index contributed by atoms with van der Waals surface area (Å²) in [6.45, 7) is 0.484. The second-order valence-electron chi connectivity index (χ2n) is 6.01. The number of H-pyrrole nitrogens is 1. The van der Waals surface area contributed by atoms with Crippen molar-refractivity contribution < 1.29 is 14.3 Å². The Bertz CT molecular complexity index is 1180. The van der Waals surface area contributed by atoms with Crippen LogP contribution in [0.4, 0.5) is 21.3 Å². The number of hydrogen-bond acceptors (Lipinski definition) is 9. The Hall–Kier alpha value is -3.28. The van der Waals surface area contributed by atoms with Crippen molar-refractivity contribution in [2.45, 2.75) is 0 Å². The Morgan fingerprint density at radius 3 is 3.00 bits per heavy atom. The van der Waals surface area contributed by atoms with E-state index >= 15 is 0 Å². The number of halogens is 1. The fourth-order valence-corrected chi connectivity index (χ4v) is 3.58. The SMILES string of the molecule is COCCOC(=O)Nc1cncc(-c2nnc(Nc3ccc4[nH]ncc4c3Cl)s2)c1. The highest BCUT2D eigenvalue weighted by molar-refractivity contribution is 7.18. The molecule has 0 atom stereocenters. The Balaban J connectivity index is 1.47. The number of carbonyl (C=O) groups is 1. The van der Waals surface area contributed by atoms with Gasteiger partial charge in [0.1, 0.15) is 6.61 Å². The first-order chi connectivity index (χ1) is 14.6. The molecule has 4 rings (SSSR count). The van der Waals surface area contributed by atoms with Crippen LogP contribution in [0.25, 0.3) is 21.5 Å². The van der Waals surface area contributed by atoms with Crippen LogP contribution in [-0.2, 0) is 9.47 Å². The maximum absolute atomic E-state index is 11.8. The molecule has 154 valence electrons. The van der Waals surface area contributed by atoms with Crippen LogP contribution in [0.5, 0.6) is 0 Å². The van der Waals surface area contributed by atoms with Gasteiger partial charge < -0.3 is 14.8 Å². The molecule has 0 aliphatic rings. The Kier molecular flexibility index (Phi) is 6.02. The Labute approximate surface area is 179 Å². The van der Waals surface area contributed by atoms with E-state index < -0.39 is 6.09 Å². The average Bonchev–Trinajstić information content (AvgIpc) is 3.40. The zero-order valence-electron chi connectivity index (χ0n) is 15.7. The molecule has 30 heavy (non-hydrogen) atoms. The minimum absolute atomic E-state index is 0.161. The zero-order valence-corrected chi connectivity index (χ0v) is 17.3. The van der Waals surface area contributed by atoms with Crippen molar-refractivity contribution in [3.05, 3.63) is 41.8 Å². The maximum Gasteiger partial charge on any atom is 0.411 e. The lowest BCUT2D eigenvalue weighted by molar-refractivity contribution is 0.107. The number of methoxy groups -OCH3 is 1. The molecule has 0 spiro atoms. The number of nitrogens with zero attached hydrogens (tertiary/aromatic N) is 4. The van der Waals surface area contributed by atoms with E-state index in [1.165, 1.54) is 24.6 Å². The molecular weight excluding hydrogens is 430 g/mol. The molecule has 4 aromatic rings. The molecule has 0 fully saturated rings. The molecule has 0 aliphatic carbocycles. The molecule has 0 radical (unpaired) electrons. The van der Waals surface area contributed by atoms with Crippen LogP contribution in [-0.4, -0.2) is 51.8 Å². The highest BCUT2D eigenvalue weighted by Gasteiger charge is 2.12. The third-order valence-electron chi connectivity index (χ3n) is 3.98. The fraction of sp³-hybridized carbons (Fsp3) is 0.167. The summed E-state index contributed by atoms with van der Waals surface area (Å²) in [5.74, 6) is 0. The molecule has 0 bridgehead atoms. The summed E-state index contributed by atoms with van der Waals surface area (Å²) in [6, 6.07) is 5.45. The van der Waals surface area contributed by atoms with Gasteiger partial charge in [-0.05, 0) is 18.2 Å². The first-order valence-electron chi connectivity index (χ1n) is 8.74. The smallest absolute Gasteiger partial charge is 0.411 e. The van der Waals surface area contributed by atoms with Crippen molar-refractivity contribution in [2.75, 3.05) is 31.0 Å². The number of carbonyl (C=O) groups excluding carboxylic acids is 1. The lowest BCUT2D eigenvalue weighted by Crippen LogP contribution is -2.16. The number of rotatable bonds is 7. The van der Waals surface area contributed by atoms with Crippen LogP contribution in [0.3, 0.4) is 0 Å². The predicted octanol–water partition coefficient (Wildman–Crippen LogP) is 4.07. The second-order valence-corrected chi connectivity index (χ2v) is 7.37. The van der Waals surface area contributed by atoms with Crippen molar-refractivity contribution in [3.63, 3.8) is 0 Å². The van der Waals surface area contributed by atoms with Crippen molar-refractivity contribution in [1.29, 1.82) is 0 Å². The highest BCUT2D eigenvalue weighted by atomic mass is 35.5. The van der Waals surface area contributed by atoms with Gasteiger partial charge in [0, 0.05) is 24.3 Å². The van der Waals surface area contributed by atoms with E-state index in [9.17, 15) is 4.79 Å². The fourth-order valence-electron chi connectivity index (χ4n) is 2.58. The van der Waals surface area contributed by atoms with Gasteiger partial charge in [-0.15, -0.1) is 10.2 Å². The Morgan fingerprint density at radius 2 is 2.13 bits per heavy atom. The summed E-state index contributed by atoms with van der Waals surface area (Å²) in [7, 11) is 1.53. The number of aromatic nitrogens is 5. The minimum atomic E-state index is -0.588. The van der Waals surface area contributed by atoms with Crippen LogP contribution in [0.15, 0.2) is 36.8 Å². The van der Waals surface area contributed by atoms with E-state index in [4.69, 9.17) is 21.1 Å². The minimum Gasteiger partial charge on any atom is -0.447 e. The van der Waals surface area contributed by atoms with Gasteiger partial charge in [0.25, 0.3) is 0 Å². The number of fused-ring (bicyclic) bond motifs is 1. The standard InChI is InChI=1S/C18H16ClN7O3S/c1-28-4-5-29-18(27)22-11-6-10(7-20-8-11)16-25-26-17(30-16)23-14-3-2-13-12(15(14)19)9-21-24-13/h2-3,6-9H,4-5H2,1H3,(H,21,24)(H,22,27)(H,23,26). The lowest BCUT2D eigenvalue weighted by atomic mass is 10.2. The lowest BCUT2D eigenvalue weighted by Gasteiger charge is -2.07. The van der Waals surface area contributed by atoms with Gasteiger partial charge in [0.05, 0.1) is 40.9 Å². The molecule has 0 aliphatic heterocycles. The summed E-state index contributed by atoms with van der Waals surface area (Å²) in [5.41, 5.74) is 2.72. The van der Waals surface area contributed by atoms with Crippen LogP contribution in [0, 0.1) is 0 Å². The third kappa shape index (κ3) is 4.48. The van der Waals surface area contributed by atoms with Crippen LogP contribution >= 0.6 is 22.9 Å². The van der Waals surface area contributed by atoms with Gasteiger partial charge in [-0.25, -0.2) is 4.79 Å². The molecule has 10 nitrogen and oxygen atoms in total. The number of pyridine rings is 1. The molecule has 0 saturated heterocycles. The summed E-state index contributed by atoms with van der Waals surface area (Å²) in [6.07, 6.45) is 4.23. The average molecular weight is 446 g/mol. The van der Waals surface area contributed by atoms with Crippen molar-refractivity contribution in [1.82, 2.24) is 25.4 Å². The summed E-state index contributed by atoms with van der Waals surface area (Å²) in [5, 5.41) is 23.5. The topological polar surface area (TPSA) is 127 Å². The maximum atomic E-state index is 11.8.